The average molecular weight is 436 g/mol. The first kappa shape index (κ1) is 20.5. The molecule has 5 nitrogen and oxygen atoms in total. The Morgan fingerprint density at radius 3 is 2.27 bits per heavy atom. The second-order valence-electron chi connectivity index (χ2n) is 5.95. The Morgan fingerprint density at radius 2 is 1.65 bits per heavy atom. The van der Waals surface area contributed by atoms with Crippen molar-refractivity contribution in [1.82, 2.24) is 4.90 Å². The van der Waals surface area contributed by atoms with Gasteiger partial charge >= 0.3 is 0 Å². The van der Waals surface area contributed by atoms with Crippen molar-refractivity contribution in [3.05, 3.63) is 52.5 Å². The Morgan fingerprint density at radius 1 is 1.04 bits per heavy atom. The lowest BCUT2D eigenvalue weighted by Crippen LogP contribution is -2.36. The zero-order valence-corrected chi connectivity index (χ0v) is 17.4. The van der Waals surface area contributed by atoms with Crippen molar-refractivity contribution in [1.29, 1.82) is 0 Å². The van der Waals surface area contributed by atoms with Gasteiger partial charge in [-0.05, 0) is 66.0 Å². The molecule has 2 aromatic rings. The van der Waals surface area contributed by atoms with E-state index >= 15 is 0 Å². The van der Waals surface area contributed by atoms with Gasteiger partial charge in [-0.1, -0.05) is 18.2 Å². The zero-order valence-electron chi connectivity index (χ0n) is 15.0. The Balaban J connectivity index is 1.86. The van der Waals surface area contributed by atoms with Crippen LogP contribution in [0.1, 0.15) is 5.56 Å². The second kappa shape index (κ2) is 9.75. The highest BCUT2D eigenvalue weighted by molar-refractivity contribution is 9.10. The number of nitrogens with zero attached hydrogens (tertiary/aromatic N) is 1. The molecule has 0 aliphatic carbocycles. The van der Waals surface area contributed by atoms with Crippen molar-refractivity contribution in [2.24, 2.45) is 0 Å². The van der Waals surface area contributed by atoms with Crippen molar-refractivity contribution in [3.8, 4) is 0 Å². The number of anilines is 2. The number of para-hydroxylation sites is 1. The molecule has 26 heavy (non-hydrogen) atoms. The lowest BCUT2D eigenvalue weighted by Gasteiger charge is -2.17. The van der Waals surface area contributed by atoms with Crippen LogP contribution in [0.25, 0.3) is 0 Å². The number of aryl methyl sites for hydroxylation is 1. The summed E-state index contributed by atoms with van der Waals surface area (Å²) in [5.41, 5.74) is 2.60. The van der Waals surface area contributed by atoms with Crippen LogP contribution in [0.3, 0.4) is 0 Å². The van der Waals surface area contributed by atoms with E-state index in [1.807, 2.05) is 55.6 Å². The van der Waals surface area contributed by atoms with Crippen LogP contribution in [0.15, 0.2) is 51.8 Å². The van der Waals surface area contributed by atoms with Crippen LogP contribution < -0.4 is 10.6 Å². The normalized spacial score (nSPS) is 10.7. The van der Waals surface area contributed by atoms with Crippen LogP contribution in [-0.2, 0) is 9.59 Å². The van der Waals surface area contributed by atoms with Gasteiger partial charge in [0.15, 0.2) is 0 Å². The summed E-state index contributed by atoms with van der Waals surface area (Å²) in [6, 6.07) is 13.4. The molecule has 138 valence electrons. The van der Waals surface area contributed by atoms with Crippen LogP contribution >= 0.6 is 27.7 Å². The molecule has 2 aromatic carbocycles. The third kappa shape index (κ3) is 6.16. The van der Waals surface area contributed by atoms with Gasteiger partial charge in [-0.25, -0.2) is 0 Å². The van der Waals surface area contributed by atoms with E-state index in [1.54, 1.807) is 23.7 Å². The highest BCUT2D eigenvalue weighted by Gasteiger charge is 2.13. The number of amides is 2. The minimum absolute atomic E-state index is 0.123. The number of hydrogen-bond acceptors (Lipinski definition) is 4. The van der Waals surface area contributed by atoms with E-state index in [0.29, 0.717) is 5.69 Å². The predicted octanol–water partition coefficient (Wildman–Crippen LogP) is 3.99. The van der Waals surface area contributed by atoms with Gasteiger partial charge in [-0.3, -0.25) is 14.5 Å². The zero-order chi connectivity index (χ0) is 19.1. The van der Waals surface area contributed by atoms with Crippen LogP contribution in [-0.4, -0.2) is 43.1 Å². The molecule has 0 atom stereocenters. The Kier molecular flexibility index (Phi) is 7.68. The first-order chi connectivity index (χ1) is 12.4. The molecule has 0 saturated heterocycles. The third-order valence-corrected chi connectivity index (χ3v) is 5.06. The molecule has 0 unspecified atom stereocenters. The van der Waals surface area contributed by atoms with E-state index in [9.17, 15) is 9.59 Å². The molecular weight excluding hydrogens is 414 g/mol. The van der Waals surface area contributed by atoms with Crippen molar-refractivity contribution in [3.63, 3.8) is 0 Å². The Bertz CT molecular complexity index is 798. The summed E-state index contributed by atoms with van der Waals surface area (Å²) < 4.78 is 0.833. The van der Waals surface area contributed by atoms with Gasteiger partial charge in [0.2, 0.25) is 11.8 Å². The smallest absolute Gasteiger partial charge is 0.238 e. The largest absolute Gasteiger partial charge is 0.324 e. The van der Waals surface area contributed by atoms with Gasteiger partial charge in [-0.15, -0.1) is 11.8 Å². The maximum Gasteiger partial charge on any atom is 0.238 e. The summed E-state index contributed by atoms with van der Waals surface area (Å²) in [4.78, 5) is 27.1. The van der Waals surface area contributed by atoms with Crippen LogP contribution in [0, 0.1) is 6.92 Å². The number of nitrogens with one attached hydrogen (secondary N) is 2. The molecule has 0 aliphatic rings. The fraction of sp³-hybridized carbons (Fsp3) is 0.263. The van der Waals surface area contributed by atoms with E-state index < -0.39 is 0 Å². The maximum atomic E-state index is 12.2. The summed E-state index contributed by atoms with van der Waals surface area (Å²) in [5, 5.41) is 5.74. The molecule has 7 heteroatoms. The van der Waals surface area contributed by atoms with E-state index in [2.05, 4.69) is 26.6 Å². The van der Waals surface area contributed by atoms with Gasteiger partial charge in [-0.2, -0.15) is 0 Å². The first-order valence-corrected chi connectivity index (χ1v) is 10.1. The molecule has 2 rings (SSSR count). The van der Waals surface area contributed by atoms with Crippen molar-refractivity contribution < 1.29 is 9.59 Å². The van der Waals surface area contributed by atoms with E-state index in [0.717, 1.165) is 20.6 Å². The number of carbonyl (C=O) groups excluding carboxylic acids is 2. The molecule has 0 aromatic heterocycles. The van der Waals surface area contributed by atoms with Crippen molar-refractivity contribution in [2.75, 3.05) is 37.0 Å². The molecule has 0 spiro atoms. The number of thioether (sulfide) groups is 1. The molecule has 0 bridgehead atoms. The average Bonchev–Trinajstić information content (AvgIpc) is 2.57. The lowest BCUT2D eigenvalue weighted by molar-refractivity contribution is -0.119. The lowest BCUT2D eigenvalue weighted by atomic mass is 10.2. The molecule has 0 radical (unpaired) electrons. The van der Waals surface area contributed by atoms with Crippen molar-refractivity contribution >= 4 is 50.9 Å². The minimum atomic E-state index is -0.172. The quantitative estimate of drug-likeness (QED) is 0.645. The van der Waals surface area contributed by atoms with Gasteiger partial charge < -0.3 is 10.6 Å². The summed E-state index contributed by atoms with van der Waals surface area (Å²) >= 11 is 5.01. The number of rotatable bonds is 7. The molecule has 0 heterocycles. The number of hydrogen-bond donors (Lipinski definition) is 2. The highest BCUT2D eigenvalue weighted by atomic mass is 79.9. The van der Waals surface area contributed by atoms with Crippen LogP contribution in [0.2, 0.25) is 0 Å². The standard InChI is InChI=1S/C19H22BrN3O2S/c1-13-8-9-15(14(20)10-13)21-18(24)11-23(2)12-19(25)22-16-6-4-5-7-17(16)26-3/h4-10H,11-12H2,1-3H3,(H,21,24)(H,22,25). The third-order valence-electron chi connectivity index (χ3n) is 3.61. The van der Waals surface area contributed by atoms with Crippen molar-refractivity contribution in [2.45, 2.75) is 11.8 Å². The molecule has 2 N–H and O–H groups in total. The van der Waals surface area contributed by atoms with Crippen LogP contribution in [0.4, 0.5) is 11.4 Å². The van der Waals surface area contributed by atoms with E-state index in [4.69, 9.17) is 0 Å². The molecule has 2 amide bonds. The van der Waals surface area contributed by atoms with Crippen LogP contribution in [0.5, 0.6) is 0 Å². The minimum Gasteiger partial charge on any atom is -0.324 e. The van der Waals surface area contributed by atoms with Gasteiger partial charge in [0.05, 0.1) is 24.5 Å². The predicted molar refractivity (Wildman–Crippen MR) is 112 cm³/mol. The first-order valence-electron chi connectivity index (χ1n) is 8.06. The summed E-state index contributed by atoms with van der Waals surface area (Å²) in [6.45, 7) is 2.24. The van der Waals surface area contributed by atoms with E-state index in [-0.39, 0.29) is 24.9 Å². The summed E-state index contributed by atoms with van der Waals surface area (Å²) in [7, 11) is 1.74. The fourth-order valence-corrected chi connectivity index (χ4v) is 3.54. The molecular formula is C19H22BrN3O2S. The Hall–Kier alpha value is -1.83. The maximum absolute atomic E-state index is 12.2. The SMILES string of the molecule is CSc1ccccc1NC(=O)CN(C)CC(=O)Nc1ccc(C)cc1Br. The fourth-order valence-electron chi connectivity index (χ4n) is 2.40. The summed E-state index contributed by atoms with van der Waals surface area (Å²) in [5.74, 6) is -0.326. The Labute approximate surface area is 166 Å². The monoisotopic (exact) mass is 435 g/mol. The summed E-state index contributed by atoms with van der Waals surface area (Å²) in [6.07, 6.45) is 1.96. The highest BCUT2D eigenvalue weighted by Crippen LogP contribution is 2.25. The number of carbonyl (C=O) groups is 2. The number of halogens is 1. The number of benzene rings is 2. The second-order valence-corrected chi connectivity index (χ2v) is 7.65. The van der Waals surface area contributed by atoms with Gasteiger partial charge in [0.25, 0.3) is 0 Å². The molecule has 0 fully saturated rings. The topological polar surface area (TPSA) is 61.4 Å². The van der Waals surface area contributed by atoms with Gasteiger partial charge in [0.1, 0.15) is 0 Å². The molecule has 0 aliphatic heterocycles. The van der Waals surface area contributed by atoms with Gasteiger partial charge in [0, 0.05) is 9.37 Å². The van der Waals surface area contributed by atoms with E-state index in [1.165, 1.54) is 0 Å². The molecule has 0 saturated carbocycles. The number of likely N-dealkylation sites (N-methyl/N-ethyl adjacent to an activating group) is 1.